The molecular formula is C33H43N2O4PS. The molecule has 3 rings (SSSR count). The van der Waals surface area contributed by atoms with Gasteiger partial charge in [-0.05, 0) is 53.1 Å². The van der Waals surface area contributed by atoms with Crippen molar-refractivity contribution in [2.75, 3.05) is 40.2 Å². The third kappa shape index (κ3) is 7.12. The fourth-order valence-corrected chi connectivity index (χ4v) is 10.4. The Kier molecular flexibility index (Phi) is 11.8. The lowest BCUT2D eigenvalue weighted by molar-refractivity contribution is 0.414. The van der Waals surface area contributed by atoms with Gasteiger partial charge in [-0.2, -0.15) is 5.26 Å². The average Bonchev–Trinajstić information content (AvgIpc) is 3.00. The van der Waals surface area contributed by atoms with Gasteiger partial charge >= 0.3 is 0 Å². The van der Waals surface area contributed by atoms with E-state index in [9.17, 15) is 9.83 Å². The third-order valence-corrected chi connectivity index (χ3v) is 13.3. The monoisotopic (exact) mass is 594 g/mol. The second-order valence-electron chi connectivity index (χ2n) is 10.4. The highest BCUT2D eigenvalue weighted by Crippen LogP contribution is 2.58. The van der Waals surface area contributed by atoms with Crippen molar-refractivity contribution >= 4 is 19.1 Å². The number of hydrogen-bond acceptors (Lipinski definition) is 6. The molecule has 0 unspecified atom stereocenters. The van der Waals surface area contributed by atoms with Crippen molar-refractivity contribution in [3.63, 3.8) is 0 Å². The van der Waals surface area contributed by atoms with Gasteiger partial charge in [-0.3, -0.25) is 4.67 Å². The molecule has 0 saturated heterocycles. The van der Waals surface area contributed by atoms with Crippen molar-refractivity contribution in [3.8, 4) is 23.3 Å². The number of thioether (sulfide) groups is 1. The van der Waals surface area contributed by atoms with Crippen LogP contribution in [0.1, 0.15) is 50.8 Å². The maximum absolute atomic E-state index is 14.4. The largest absolute Gasteiger partial charge is 0.497 e. The molecule has 8 heteroatoms. The number of ether oxygens (including phenoxy) is 3. The van der Waals surface area contributed by atoms with Crippen LogP contribution in [0.2, 0.25) is 0 Å². The Bertz CT molecular complexity index is 1190. The molecule has 220 valence electrons. The zero-order valence-corrected chi connectivity index (χ0v) is 27.0. The second kappa shape index (κ2) is 14.8. The predicted octanol–water partition coefficient (Wildman–Crippen LogP) is 8.05. The molecule has 0 heterocycles. The molecule has 0 N–H and O–H groups in total. The highest BCUT2D eigenvalue weighted by atomic mass is 32.2. The van der Waals surface area contributed by atoms with Crippen molar-refractivity contribution in [3.05, 3.63) is 89.5 Å². The van der Waals surface area contributed by atoms with Crippen LogP contribution in [0, 0.1) is 11.3 Å². The topological polar surface area (TPSA) is 71.8 Å². The van der Waals surface area contributed by atoms with E-state index in [0.29, 0.717) is 25.3 Å². The molecule has 0 bridgehead atoms. The first kappa shape index (κ1) is 32.6. The molecule has 6 nitrogen and oxygen atoms in total. The quantitative estimate of drug-likeness (QED) is 0.130. The van der Waals surface area contributed by atoms with E-state index in [0.717, 1.165) is 33.9 Å². The zero-order valence-electron chi connectivity index (χ0n) is 25.3. The van der Waals surface area contributed by atoms with Crippen LogP contribution in [0.5, 0.6) is 17.2 Å². The predicted molar refractivity (Wildman–Crippen MR) is 171 cm³/mol. The van der Waals surface area contributed by atoms with Crippen LogP contribution in [-0.2, 0) is 9.31 Å². The summed E-state index contributed by atoms with van der Waals surface area (Å²) >= 11 is 1.80. The van der Waals surface area contributed by atoms with E-state index < -0.39 is 12.0 Å². The Morgan fingerprint density at radius 3 is 1.39 bits per heavy atom. The van der Waals surface area contributed by atoms with Crippen molar-refractivity contribution in [2.24, 2.45) is 0 Å². The van der Waals surface area contributed by atoms with Crippen LogP contribution in [0.15, 0.2) is 72.8 Å². The van der Waals surface area contributed by atoms with Gasteiger partial charge in [-0.1, -0.05) is 64.1 Å². The van der Waals surface area contributed by atoms with Crippen LogP contribution in [0.25, 0.3) is 0 Å². The number of methoxy groups -OCH3 is 3. The summed E-state index contributed by atoms with van der Waals surface area (Å²) in [7, 11) is 2.29. The van der Waals surface area contributed by atoms with Crippen LogP contribution in [-0.4, -0.2) is 56.2 Å². The lowest BCUT2D eigenvalue weighted by atomic mass is 9.84. The maximum atomic E-state index is 14.4. The van der Waals surface area contributed by atoms with Crippen molar-refractivity contribution in [2.45, 2.75) is 50.2 Å². The summed E-state index contributed by atoms with van der Waals surface area (Å²) in [6, 6.07) is 26.9. The number of nitrogens with zero attached hydrogens (tertiary/aromatic N) is 2. The van der Waals surface area contributed by atoms with Gasteiger partial charge in [0.25, 0.3) is 0 Å². The minimum absolute atomic E-state index is 0.000662. The van der Waals surface area contributed by atoms with Gasteiger partial charge < -0.3 is 18.8 Å². The summed E-state index contributed by atoms with van der Waals surface area (Å²) in [5, 5.41) is 9.38. The Morgan fingerprint density at radius 2 is 1.10 bits per heavy atom. The van der Waals surface area contributed by atoms with E-state index in [1.54, 1.807) is 33.1 Å². The number of benzene rings is 3. The molecule has 3 aromatic carbocycles. The molecule has 0 aliphatic carbocycles. The molecule has 0 aromatic heterocycles. The van der Waals surface area contributed by atoms with E-state index in [-0.39, 0.29) is 11.3 Å². The van der Waals surface area contributed by atoms with Gasteiger partial charge in [0, 0.05) is 36.6 Å². The summed E-state index contributed by atoms with van der Waals surface area (Å²) in [6.45, 7) is 9.22. The van der Waals surface area contributed by atoms with Crippen LogP contribution in [0.4, 0.5) is 0 Å². The first-order chi connectivity index (χ1) is 19.7. The third-order valence-electron chi connectivity index (χ3n) is 7.56. The molecule has 0 amide bonds. The highest BCUT2D eigenvalue weighted by molar-refractivity contribution is 8.00. The van der Waals surface area contributed by atoms with Crippen LogP contribution in [0.3, 0.4) is 0 Å². The molecule has 0 aliphatic heterocycles. The molecule has 41 heavy (non-hydrogen) atoms. The van der Waals surface area contributed by atoms with Crippen LogP contribution < -0.4 is 14.2 Å². The molecule has 3 aromatic rings. The van der Waals surface area contributed by atoms with Crippen LogP contribution >= 0.6 is 19.1 Å². The van der Waals surface area contributed by atoms with E-state index in [1.165, 1.54) is 0 Å². The lowest BCUT2D eigenvalue weighted by Crippen LogP contribution is -2.33. The molecule has 0 spiro atoms. The standard InChI is InChI=1S/C33H43N2O4PS/c1-25(2)40(36,26(3)4)35(22-8-21-34)23-24-41-33(27-9-15-30(37-5)16-10-27,28-11-17-31(38-6)18-12-28)29-13-19-32(39-7)20-14-29/h9-20,25-26H,8,22-24H2,1-7H3. The Hall–Kier alpha value is -2.91. The second-order valence-corrected chi connectivity index (χ2v) is 15.7. The van der Waals surface area contributed by atoms with Crippen molar-refractivity contribution in [1.82, 2.24) is 4.67 Å². The Balaban J connectivity index is 2.16. The van der Waals surface area contributed by atoms with Gasteiger partial charge in [0.05, 0.1) is 32.1 Å². The normalized spacial score (nSPS) is 12.0. The number of nitriles is 1. The highest BCUT2D eigenvalue weighted by Gasteiger charge is 2.40. The van der Waals surface area contributed by atoms with Gasteiger partial charge in [0.1, 0.15) is 17.2 Å². The van der Waals surface area contributed by atoms with Gasteiger partial charge in [-0.25, -0.2) is 0 Å². The average molecular weight is 595 g/mol. The molecule has 0 saturated carbocycles. The lowest BCUT2D eigenvalue weighted by Gasteiger charge is -2.39. The zero-order chi connectivity index (χ0) is 30.0. The van der Waals surface area contributed by atoms with Gasteiger partial charge in [0.15, 0.2) is 7.29 Å². The summed E-state index contributed by atoms with van der Waals surface area (Å²) in [5.74, 6) is 3.05. The number of rotatable bonds is 15. The fourth-order valence-electron chi connectivity index (χ4n) is 5.38. The number of hydrogen-bond donors (Lipinski definition) is 0. The van der Waals surface area contributed by atoms with E-state index in [4.69, 9.17) is 14.2 Å². The molecule has 0 fully saturated rings. The molecular weight excluding hydrogens is 551 g/mol. The summed E-state index contributed by atoms with van der Waals surface area (Å²) in [5.41, 5.74) is 3.29. The Labute approximate surface area is 250 Å². The maximum Gasteiger partial charge on any atom is 0.155 e. The summed E-state index contributed by atoms with van der Waals surface area (Å²) in [4.78, 5) is 0. The van der Waals surface area contributed by atoms with Crippen molar-refractivity contribution in [1.29, 1.82) is 5.26 Å². The minimum Gasteiger partial charge on any atom is -0.497 e. The molecule has 0 aliphatic rings. The summed E-state index contributed by atoms with van der Waals surface area (Å²) < 4.78 is 32.3. The fraction of sp³-hybridized carbons (Fsp3) is 0.424. The first-order valence-electron chi connectivity index (χ1n) is 14.0. The van der Waals surface area contributed by atoms with E-state index >= 15 is 0 Å². The summed E-state index contributed by atoms with van der Waals surface area (Å²) in [6.07, 6.45) is 0.342. The minimum atomic E-state index is -2.71. The SMILES string of the molecule is COc1ccc(C(SCCN(CCC#N)P(=O)(C(C)C)C(C)C)(c2ccc(OC)cc2)c2ccc(OC)cc2)cc1. The smallest absolute Gasteiger partial charge is 0.155 e. The Morgan fingerprint density at radius 1 is 0.732 bits per heavy atom. The van der Waals surface area contributed by atoms with E-state index in [2.05, 4.69) is 47.1 Å². The molecule has 0 radical (unpaired) electrons. The van der Waals surface area contributed by atoms with Crippen molar-refractivity contribution < 1.29 is 18.8 Å². The van der Waals surface area contributed by atoms with E-state index in [1.807, 2.05) is 64.1 Å². The first-order valence-corrected chi connectivity index (χ1v) is 16.7. The molecule has 0 atom stereocenters. The van der Waals surface area contributed by atoms with Gasteiger partial charge in [-0.15, -0.1) is 11.8 Å². The van der Waals surface area contributed by atoms with Gasteiger partial charge in [0.2, 0.25) is 0 Å².